The molecule has 0 unspecified atom stereocenters. The van der Waals surface area contributed by atoms with Crippen molar-refractivity contribution in [2.75, 3.05) is 21.3 Å². The molecule has 2 rings (SSSR count). The molecule has 1 amide bonds. The SMILES string of the molecule is COc1ccc(C(=O)N(C)Cc2ccn(C)n2)cc1OC. The lowest BCUT2D eigenvalue weighted by Gasteiger charge is -2.17. The number of aromatic nitrogens is 2. The first-order chi connectivity index (χ1) is 10.0. The van der Waals surface area contributed by atoms with Crippen LogP contribution in [0.15, 0.2) is 30.5 Å². The Balaban J connectivity index is 2.15. The normalized spacial score (nSPS) is 10.3. The number of nitrogens with zero attached hydrogens (tertiary/aromatic N) is 3. The van der Waals surface area contributed by atoms with Crippen molar-refractivity contribution in [3.63, 3.8) is 0 Å². The van der Waals surface area contributed by atoms with E-state index in [1.807, 2.05) is 19.3 Å². The number of carbonyl (C=O) groups is 1. The zero-order chi connectivity index (χ0) is 15.4. The molecule has 1 aromatic carbocycles. The van der Waals surface area contributed by atoms with Gasteiger partial charge in [-0.3, -0.25) is 9.48 Å². The van der Waals surface area contributed by atoms with Crippen LogP contribution in [0.3, 0.4) is 0 Å². The van der Waals surface area contributed by atoms with Crippen molar-refractivity contribution >= 4 is 5.91 Å². The van der Waals surface area contributed by atoms with Gasteiger partial charge in [-0.2, -0.15) is 5.10 Å². The maximum Gasteiger partial charge on any atom is 0.254 e. The van der Waals surface area contributed by atoms with Gasteiger partial charge in [-0.15, -0.1) is 0 Å². The van der Waals surface area contributed by atoms with Crippen LogP contribution in [0, 0.1) is 0 Å². The number of carbonyl (C=O) groups excluding carboxylic acids is 1. The maximum absolute atomic E-state index is 12.4. The molecule has 0 N–H and O–H groups in total. The standard InChI is InChI=1S/C15H19N3O3/c1-17(10-12-7-8-18(2)16-12)15(19)11-5-6-13(20-3)14(9-11)21-4/h5-9H,10H2,1-4H3. The van der Waals surface area contributed by atoms with Crippen molar-refractivity contribution < 1.29 is 14.3 Å². The fourth-order valence-corrected chi connectivity index (χ4v) is 2.05. The van der Waals surface area contributed by atoms with Crippen molar-refractivity contribution in [3.05, 3.63) is 41.7 Å². The van der Waals surface area contributed by atoms with E-state index in [0.717, 1.165) is 5.69 Å². The highest BCUT2D eigenvalue weighted by Gasteiger charge is 2.15. The summed E-state index contributed by atoms with van der Waals surface area (Å²) in [6, 6.07) is 7.01. The maximum atomic E-state index is 12.4. The molecule has 0 fully saturated rings. The molecule has 2 aromatic rings. The fraction of sp³-hybridized carbons (Fsp3) is 0.333. The van der Waals surface area contributed by atoms with E-state index in [1.165, 1.54) is 0 Å². The monoisotopic (exact) mass is 289 g/mol. The zero-order valence-electron chi connectivity index (χ0n) is 12.7. The first kappa shape index (κ1) is 14.9. The molecule has 0 saturated heterocycles. The van der Waals surface area contributed by atoms with E-state index in [0.29, 0.717) is 23.6 Å². The van der Waals surface area contributed by atoms with E-state index >= 15 is 0 Å². The van der Waals surface area contributed by atoms with E-state index in [1.54, 1.807) is 49.0 Å². The summed E-state index contributed by atoms with van der Waals surface area (Å²) in [5, 5.41) is 4.27. The van der Waals surface area contributed by atoms with Crippen LogP contribution in [0.1, 0.15) is 16.1 Å². The largest absolute Gasteiger partial charge is 0.493 e. The van der Waals surface area contributed by atoms with Gasteiger partial charge in [0.15, 0.2) is 11.5 Å². The zero-order valence-corrected chi connectivity index (χ0v) is 12.7. The number of rotatable bonds is 5. The molecular formula is C15H19N3O3. The minimum atomic E-state index is -0.0957. The number of amides is 1. The number of methoxy groups -OCH3 is 2. The summed E-state index contributed by atoms with van der Waals surface area (Å²) in [6.45, 7) is 0.452. The Kier molecular flexibility index (Phi) is 4.47. The van der Waals surface area contributed by atoms with E-state index in [4.69, 9.17) is 9.47 Å². The summed E-state index contributed by atoms with van der Waals surface area (Å²) < 4.78 is 12.1. The Morgan fingerprint density at radius 1 is 1.24 bits per heavy atom. The summed E-state index contributed by atoms with van der Waals surface area (Å²) in [5.41, 5.74) is 1.39. The van der Waals surface area contributed by atoms with Crippen LogP contribution in [0.5, 0.6) is 11.5 Å². The van der Waals surface area contributed by atoms with Gasteiger partial charge in [0.1, 0.15) is 0 Å². The average Bonchev–Trinajstić information content (AvgIpc) is 2.90. The van der Waals surface area contributed by atoms with Crippen molar-refractivity contribution in [3.8, 4) is 11.5 Å². The van der Waals surface area contributed by atoms with Crippen LogP contribution < -0.4 is 9.47 Å². The van der Waals surface area contributed by atoms with Gasteiger partial charge in [0.05, 0.1) is 26.5 Å². The Morgan fingerprint density at radius 3 is 2.52 bits per heavy atom. The summed E-state index contributed by atoms with van der Waals surface area (Å²) in [7, 11) is 6.70. The first-order valence-corrected chi connectivity index (χ1v) is 6.51. The van der Waals surface area contributed by atoms with Gasteiger partial charge >= 0.3 is 0 Å². The van der Waals surface area contributed by atoms with E-state index in [9.17, 15) is 4.79 Å². The second-order valence-corrected chi connectivity index (χ2v) is 4.71. The first-order valence-electron chi connectivity index (χ1n) is 6.51. The summed E-state index contributed by atoms with van der Waals surface area (Å²) in [4.78, 5) is 14.0. The van der Waals surface area contributed by atoms with Gasteiger partial charge in [-0.05, 0) is 24.3 Å². The molecule has 21 heavy (non-hydrogen) atoms. The number of hydrogen-bond acceptors (Lipinski definition) is 4. The van der Waals surface area contributed by atoms with E-state index in [2.05, 4.69) is 5.10 Å². The fourth-order valence-electron chi connectivity index (χ4n) is 2.05. The second kappa shape index (κ2) is 6.30. The van der Waals surface area contributed by atoms with Crippen molar-refractivity contribution in [2.45, 2.75) is 6.54 Å². The topological polar surface area (TPSA) is 56.6 Å². The lowest BCUT2D eigenvalue weighted by molar-refractivity contribution is 0.0782. The molecular weight excluding hydrogens is 270 g/mol. The molecule has 1 heterocycles. The van der Waals surface area contributed by atoms with E-state index in [-0.39, 0.29) is 5.91 Å². The quantitative estimate of drug-likeness (QED) is 0.841. The highest BCUT2D eigenvalue weighted by molar-refractivity contribution is 5.94. The van der Waals surface area contributed by atoms with Gasteiger partial charge in [0.25, 0.3) is 5.91 Å². The predicted molar refractivity (Wildman–Crippen MR) is 78.6 cm³/mol. The van der Waals surface area contributed by atoms with Crippen molar-refractivity contribution in [2.24, 2.45) is 7.05 Å². The Morgan fingerprint density at radius 2 is 1.95 bits per heavy atom. The molecule has 0 radical (unpaired) electrons. The molecule has 0 atom stereocenters. The van der Waals surface area contributed by atoms with Crippen LogP contribution >= 0.6 is 0 Å². The minimum absolute atomic E-state index is 0.0957. The molecule has 1 aromatic heterocycles. The number of aryl methyl sites for hydroxylation is 1. The lowest BCUT2D eigenvalue weighted by Crippen LogP contribution is -2.26. The van der Waals surface area contributed by atoms with Gasteiger partial charge in [0.2, 0.25) is 0 Å². The molecule has 0 bridgehead atoms. The van der Waals surface area contributed by atoms with Gasteiger partial charge < -0.3 is 14.4 Å². The number of ether oxygens (including phenoxy) is 2. The number of benzene rings is 1. The Bertz CT molecular complexity index is 637. The minimum Gasteiger partial charge on any atom is -0.493 e. The van der Waals surface area contributed by atoms with Crippen LogP contribution in [0.25, 0.3) is 0 Å². The molecule has 0 aliphatic heterocycles. The third kappa shape index (κ3) is 3.34. The molecule has 6 nitrogen and oxygen atoms in total. The van der Waals surface area contributed by atoms with E-state index < -0.39 is 0 Å². The van der Waals surface area contributed by atoms with Crippen molar-refractivity contribution in [1.82, 2.24) is 14.7 Å². The predicted octanol–water partition coefficient (Wildman–Crippen LogP) is 1.71. The smallest absolute Gasteiger partial charge is 0.254 e. The molecule has 6 heteroatoms. The Labute approximate surface area is 123 Å². The van der Waals surface area contributed by atoms with Crippen molar-refractivity contribution in [1.29, 1.82) is 0 Å². The molecule has 0 aliphatic rings. The Hall–Kier alpha value is -2.50. The van der Waals surface area contributed by atoms with Crippen LogP contribution in [-0.4, -0.2) is 41.9 Å². The highest BCUT2D eigenvalue weighted by atomic mass is 16.5. The third-order valence-corrected chi connectivity index (χ3v) is 3.15. The summed E-state index contributed by atoms with van der Waals surface area (Å²) in [5.74, 6) is 1.04. The van der Waals surface area contributed by atoms with Gasteiger partial charge in [-0.1, -0.05) is 0 Å². The van der Waals surface area contributed by atoms with Crippen LogP contribution in [-0.2, 0) is 13.6 Å². The molecule has 0 saturated carbocycles. The average molecular weight is 289 g/mol. The van der Waals surface area contributed by atoms with Crippen LogP contribution in [0.4, 0.5) is 0 Å². The summed E-state index contributed by atoms with van der Waals surface area (Å²) in [6.07, 6.45) is 1.85. The second-order valence-electron chi connectivity index (χ2n) is 4.71. The molecule has 0 spiro atoms. The van der Waals surface area contributed by atoms with Crippen LogP contribution in [0.2, 0.25) is 0 Å². The summed E-state index contributed by atoms with van der Waals surface area (Å²) >= 11 is 0. The third-order valence-electron chi connectivity index (χ3n) is 3.15. The highest BCUT2D eigenvalue weighted by Crippen LogP contribution is 2.28. The molecule has 112 valence electrons. The number of hydrogen-bond donors (Lipinski definition) is 0. The molecule has 0 aliphatic carbocycles. The van der Waals surface area contributed by atoms with Gasteiger partial charge in [0, 0.05) is 25.9 Å². The lowest BCUT2D eigenvalue weighted by atomic mass is 10.1. The van der Waals surface area contributed by atoms with Gasteiger partial charge in [-0.25, -0.2) is 0 Å².